The third kappa shape index (κ3) is 16.4. The number of aliphatic carboxylic acids is 1. The minimum Gasteiger partial charge on any atom is -0.497 e. The van der Waals surface area contributed by atoms with E-state index >= 15 is 0 Å². The molecule has 0 aliphatic carbocycles. The molecule has 0 spiro atoms. The first-order chi connectivity index (χ1) is 28.7. The molecule has 11 atom stereocenters. The number of ether oxygens (including phenoxy) is 5. The van der Waals surface area contributed by atoms with Gasteiger partial charge in [0.15, 0.2) is 6.29 Å². The van der Waals surface area contributed by atoms with Crippen molar-refractivity contribution in [3.63, 3.8) is 0 Å². The predicted molar refractivity (Wildman–Crippen MR) is 229 cm³/mol. The normalized spacial score (nSPS) is 31.1. The number of carbonyl (C=O) groups excluding carboxylic acids is 1. The maximum Gasteiger partial charge on any atom is 0.308 e. The van der Waals surface area contributed by atoms with E-state index in [1.165, 1.54) is 6.92 Å². The fraction of sp³-hybridized carbons (Fsp3) is 0.644. The Morgan fingerprint density at radius 2 is 1.61 bits per heavy atom. The van der Waals surface area contributed by atoms with Crippen LogP contribution in [0.1, 0.15) is 92.2 Å². The molecule has 2 heterocycles. The van der Waals surface area contributed by atoms with E-state index in [1.54, 1.807) is 28.1 Å². The molecule has 0 amide bonds. The molecule has 0 bridgehead atoms. The quantitative estimate of drug-likeness (QED) is 0.130. The number of hydrogen-bond donors (Lipinski definition) is 4. The zero-order valence-electron chi connectivity index (χ0n) is 37.8. The Morgan fingerprint density at radius 1 is 1.00 bits per heavy atom. The van der Waals surface area contributed by atoms with Gasteiger partial charge in [0.1, 0.15) is 35.7 Å². The van der Waals surface area contributed by atoms with E-state index in [1.807, 2.05) is 77.9 Å². The third-order valence-corrected chi connectivity index (χ3v) is 10.9. The molecule has 2 aliphatic rings. The fourth-order valence-electron chi connectivity index (χ4n) is 7.34. The SMILES string of the molecule is CC.COc1ccc(/C(C)=N/N=C2\CCC(OC)[C@H](OC3OC(C)CC(N(C)C)C3O)[C@@H](C)CC(C)C(=O)OCC(C)(O)C(O)C2C)cc1.O=C(O)Cc1cc(F)cc(F)c1. The highest BCUT2D eigenvalue weighted by Gasteiger charge is 2.43. The van der Waals surface area contributed by atoms with E-state index in [9.17, 15) is 33.7 Å². The molecule has 0 saturated carbocycles. The number of rotatable bonds is 9. The summed E-state index contributed by atoms with van der Waals surface area (Å²) in [6.07, 6.45) is -2.85. The highest BCUT2D eigenvalue weighted by molar-refractivity contribution is 5.99. The van der Waals surface area contributed by atoms with Gasteiger partial charge in [-0.25, -0.2) is 8.78 Å². The second-order valence-electron chi connectivity index (χ2n) is 16.2. The van der Waals surface area contributed by atoms with Crippen molar-refractivity contribution in [2.75, 3.05) is 34.9 Å². The molecule has 2 saturated heterocycles. The molecule has 0 aromatic heterocycles. The third-order valence-electron chi connectivity index (χ3n) is 10.9. The molecule has 14 nitrogen and oxygen atoms in total. The molecule has 0 radical (unpaired) electrons. The van der Waals surface area contributed by atoms with Gasteiger partial charge in [-0.1, -0.05) is 34.6 Å². The molecular formula is C45H69F2N3O11. The summed E-state index contributed by atoms with van der Waals surface area (Å²) in [4.78, 5) is 25.2. The average molecular weight is 866 g/mol. The van der Waals surface area contributed by atoms with Gasteiger partial charge in [-0.15, -0.1) is 0 Å². The van der Waals surface area contributed by atoms with Crippen LogP contribution in [0, 0.1) is 29.4 Å². The van der Waals surface area contributed by atoms with Crippen molar-refractivity contribution in [3.8, 4) is 5.75 Å². The number of aliphatic hydroxyl groups is 3. The fourth-order valence-corrected chi connectivity index (χ4v) is 7.34. The average Bonchev–Trinajstić information content (AvgIpc) is 3.20. The minimum absolute atomic E-state index is 0.125. The van der Waals surface area contributed by atoms with Crippen LogP contribution in [0.4, 0.5) is 8.78 Å². The molecule has 4 rings (SSSR count). The van der Waals surface area contributed by atoms with Gasteiger partial charge in [-0.3, -0.25) is 9.59 Å². The molecule has 61 heavy (non-hydrogen) atoms. The van der Waals surface area contributed by atoms with Gasteiger partial charge < -0.3 is 49.0 Å². The summed E-state index contributed by atoms with van der Waals surface area (Å²) in [7, 11) is 7.05. The number of likely N-dealkylation sites (N-methyl/N-ethyl adjacent to an activating group) is 1. The van der Waals surface area contributed by atoms with E-state index in [0.717, 1.165) is 23.4 Å². The Labute approximate surface area is 359 Å². The molecular weight excluding hydrogens is 797 g/mol. The Hall–Kier alpha value is -3.90. The number of cyclic esters (lactones) is 1. The highest BCUT2D eigenvalue weighted by Crippen LogP contribution is 2.32. The van der Waals surface area contributed by atoms with E-state index < -0.39 is 71.7 Å². The smallest absolute Gasteiger partial charge is 0.308 e. The molecule has 2 aromatic carbocycles. The maximum absolute atomic E-state index is 13.1. The van der Waals surface area contributed by atoms with Gasteiger partial charge in [0.25, 0.3) is 0 Å². The van der Waals surface area contributed by atoms with Crippen LogP contribution < -0.4 is 4.74 Å². The summed E-state index contributed by atoms with van der Waals surface area (Å²) in [6, 6.07) is 9.99. The van der Waals surface area contributed by atoms with E-state index in [-0.39, 0.29) is 36.7 Å². The van der Waals surface area contributed by atoms with Gasteiger partial charge in [0.05, 0.1) is 49.6 Å². The molecule has 2 aliphatic heterocycles. The van der Waals surface area contributed by atoms with Gasteiger partial charge in [0.2, 0.25) is 0 Å². The molecule has 16 heteroatoms. The largest absolute Gasteiger partial charge is 0.497 e. The highest BCUT2D eigenvalue weighted by atomic mass is 19.1. The van der Waals surface area contributed by atoms with Crippen LogP contribution in [0.25, 0.3) is 0 Å². The summed E-state index contributed by atoms with van der Waals surface area (Å²) >= 11 is 0. The van der Waals surface area contributed by atoms with Gasteiger partial charge in [0, 0.05) is 30.8 Å². The number of carbonyl (C=O) groups is 2. The summed E-state index contributed by atoms with van der Waals surface area (Å²) in [5, 5.41) is 51.2. The van der Waals surface area contributed by atoms with Crippen molar-refractivity contribution in [1.82, 2.24) is 4.90 Å². The molecule has 2 aromatic rings. The number of aliphatic hydroxyl groups excluding tert-OH is 2. The number of hydrogen-bond acceptors (Lipinski definition) is 13. The predicted octanol–water partition coefficient (Wildman–Crippen LogP) is 6.05. The Morgan fingerprint density at radius 3 is 2.15 bits per heavy atom. The Balaban J connectivity index is 0.000000777. The van der Waals surface area contributed by atoms with Crippen LogP contribution in [0.3, 0.4) is 0 Å². The summed E-state index contributed by atoms with van der Waals surface area (Å²) in [5.74, 6) is -3.79. The lowest BCUT2D eigenvalue weighted by molar-refractivity contribution is -0.285. The first kappa shape index (κ1) is 53.2. The lowest BCUT2D eigenvalue weighted by atomic mass is 9.83. The van der Waals surface area contributed by atoms with Crippen molar-refractivity contribution < 1.29 is 62.5 Å². The monoisotopic (exact) mass is 865 g/mol. The number of carboxylic acid groups (broad SMARTS) is 1. The molecule has 9 unspecified atom stereocenters. The summed E-state index contributed by atoms with van der Waals surface area (Å²) in [6.45, 7) is 14.4. The van der Waals surface area contributed by atoms with E-state index in [4.69, 9.17) is 28.8 Å². The summed E-state index contributed by atoms with van der Waals surface area (Å²) in [5.41, 5.74) is 0.430. The first-order valence-corrected chi connectivity index (χ1v) is 20.8. The topological polar surface area (TPSA) is 189 Å². The number of esters is 1. The molecule has 4 N–H and O–H groups in total. The Bertz CT molecular complexity index is 1710. The van der Waals surface area contributed by atoms with Gasteiger partial charge in [-0.05, 0) is 114 Å². The van der Waals surface area contributed by atoms with Gasteiger partial charge in [-0.2, -0.15) is 10.2 Å². The second-order valence-corrected chi connectivity index (χ2v) is 16.2. The minimum atomic E-state index is -1.74. The number of nitrogens with zero attached hydrogens (tertiary/aromatic N) is 3. The number of carboxylic acids is 1. The van der Waals surface area contributed by atoms with Crippen LogP contribution in [-0.4, -0.2) is 132 Å². The number of methoxy groups -OCH3 is 2. The lowest BCUT2D eigenvalue weighted by Crippen LogP contribution is -2.56. The second kappa shape index (κ2) is 25.3. The van der Waals surface area contributed by atoms with Crippen LogP contribution in [0.2, 0.25) is 0 Å². The maximum atomic E-state index is 13.1. The van der Waals surface area contributed by atoms with Crippen molar-refractivity contribution in [3.05, 3.63) is 65.2 Å². The van der Waals surface area contributed by atoms with Crippen LogP contribution >= 0.6 is 0 Å². The Kier molecular flexibility index (Phi) is 22.1. The van der Waals surface area contributed by atoms with Crippen molar-refractivity contribution >= 4 is 23.4 Å². The van der Waals surface area contributed by atoms with Crippen LogP contribution in [0.15, 0.2) is 52.7 Å². The standard InChI is InChI=1S/C35H57N3O9.C8H6F2O2.C2H6/c1-20-17-21(2)33(41)45-19-35(6,42)32(40)23(4)27(37-36-24(5)25-11-13-26(43-9)14-12-25)15-16-29(44-10)31(20)47-34-30(39)28(38(7)8)18-22(3)46-34;9-6-1-5(3-8(11)12)2-7(10)4-6;1-2/h11-14,20-23,28-32,34,39-40,42H,15-19H2,1-10H3;1-2,4H,3H2,(H,11,12);1-2H3/b36-24+,37-27+;;/t20-,21?,22?,23?,28?,29?,30?,31+,32?,34?,35?;;/m0../s1. The number of benzene rings is 2. The number of halogens is 2. The van der Waals surface area contributed by atoms with Crippen molar-refractivity contribution in [2.45, 2.75) is 136 Å². The molecule has 344 valence electrons. The first-order valence-electron chi connectivity index (χ1n) is 20.8. The zero-order chi connectivity index (χ0) is 46.2. The van der Waals surface area contributed by atoms with E-state index in [2.05, 4.69) is 10.2 Å². The molecule has 2 fully saturated rings. The zero-order valence-corrected chi connectivity index (χ0v) is 37.8. The van der Waals surface area contributed by atoms with E-state index in [0.29, 0.717) is 43.2 Å². The van der Waals surface area contributed by atoms with Crippen LogP contribution in [0.5, 0.6) is 5.75 Å². The van der Waals surface area contributed by atoms with Crippen molar-refractivity contribution in [1.29, 1.82) is 0 Å². The lowest BCUT2D eigenvalue weighted by Gasteiger charge is -2.44. The van der Waals surface area contributed by atoms with Crippen molar-refractivity contribution in [2.24, 2.45) is 28.0 Å². The summed E-state index contributed by atoms with van der Waals surface area (Å²) < 4.78 is 54.4. The van der Waals surface area contributed by atoms with Crippen LogP contribution in [-0.2, 0) is 35.0 Å². The van der Waals surface area contributed by atoms with Gasteiger partial charge >= 0.3 is 11.9 Å².